The van der Waals surface area contributed by atoms with Gasteiger partial charge in [0.25, 0.3) is 5.56 Å². The van der Waals surface area contributed by atoms with Crippen LogP contribution in [0.15, 0.2) is 64.5 Å². The number of thioether (sulfide) groups is 1. The molecule has 7 nitrogen and oxygen atoms in total. The molecule has 4 rings (SSSR count). The van der Waals surface area contributed by atoms with Crippen LogP contribution in [0.25, 0.3) is 4.96 Å². The van der Waals surface area contributed by atoms with Gasteiger partial charge in [-0.2, -0.15) is 0 Å². The van der Waals surface area contributed by atoms with E-state index in [-0.39, 0.29) is 5.56 Å². The van der Waals surface area contributed by atoms with Crippen molar-refractivity contribution in [1.29, 1.82) is 0 Å². The zero-order valence-corrected chi connectivity index (χ0v) is 18.2. The lowest BCUT2D eigenvalue weighted by atomic mass is 10.2. The first-order valence-electron chi connectivity index (χ1n) is 9.51. The number of hydrogen-bond donors (Lipinski definition) is 0. The summed E-state index contributed by atoms with van der Waals surface area (Å²) in [6.07, 6.45) is 4.53. The van der Waals surface area contributed by atoms with Gasteiger partial charge in [-0.25, -0.2) is 4.98 Å². The number of nitrogens with zero attached hydrogens (tertiary/aromatic N) is 5. The standard InChI is InChI=1S/C21H21N5O2S2/c1-3-9-25-18(13-28-17-7-5-15(4-2)6-8-17)23-24-21(25)30-14-16-12-19(27)26-10-11-29-20(26)22-16/h3,5-8,10-12H,1,4,9,13-14H2,2H3. The Bertz CT molecular complexity index is 1210. The molecular formula is C21H21N5O2S2. The van der Waals surface area contributed by atoms with E-state index >= 15 is 0 Å². The second kappa shape index (κ2) is 9.27. The normalized spacial score (nSPS) is 11.1. The molecule has 0 unspecified atom stereocenters. The third-order valence-corrected chi connectivity index (χ3v) is 6.27. The third kappa shape index (κ3) is 4.47. The van der Waals surface area contributed by atoms with Crippen LogP contribution in [0.2, 0.25) is 0 Å². The zero-order chi connectivity index (χ0) is 20.9. The van der Waals surface area contributed by atoms with Crippen molar-refractivity contribution in [2.45, 2.75) is 37.4 Å². The molecule has 0 N–H and O–H groups in total. The van der Waals surface area contributed by atoms with Crippen LogP contribution in [-0.4, -0.2) is 24.1 Å². The lowest BCUT2D eigenvalue weighted by Crippen LogP contribution is -2.12. The van der Waals surface area contributed by atoms with E-state index in [0.29, 0.717) is 23.9 Å². The van der Waals surface area contributed by atoms with Crippen molar-refractivity contribution in [3.8, 4) is 5.75 Å². The minimum absolute atomic E-state index is 0.0763. The van der Waals surface area contributed by atoms with Crippen LogP contribution in [0.5, 0.6) is 5.75 Å². The summed E-state index contributed by atoms with van der Waals surface area (Å²) in [6, 6.07) is 9.61. The van der Waals surface area contributed by atoms with Crippen LogP contribution in [0, 0.1) is 0 Å². The Morgan fingerprint density at radius 3 is 2.87 bits per heavy atom. The molecule has 0 aliphatic carbocycles. The number of benzene rings is 1. The van der Waals surface area contributed by atoms with E-state index in [1.54, 1.807) is 22.7 Å². The zero-order valence-electron chi connectivity index (χ0n) is 16.5. The van der Waals surface area contributed by atoms with Crippen molar-refractivity contribution >= 4 is 28.1 Å². The Morgan fingerprint density at radius 2 is 2.10 bits per heavy atom. The topological polar surface area (TPSA) is 74.3 Å². The quantitative estimate of drug-likeness (QED) is 0.290. The second-order valence-corrected chi connectivity index (χ2v) is 8.33. The largest absolute Gasteiger partial charge is 0.486 e. The maximum atomic E-state index is 12.2. The molecule has 3 aromatic heterocycles. The fourth-order valence-electron chi connectivity index (χ4n) is 2.91. The number of aromatic nitrogens is 5. The Morgan fingerprint density at radius 1 is 1.27 bits per heavy atom. The van der Waals surface area contributed by atoms with Crippen molar-refractivity contribution in [3.05, 3.63) is 82.0 Å². The van der Waals surface area contributed by atoms with Gasteiger partial charge < -0.3 is 4.74 Å². The van der Waals surface area contributed by atoms with Crippen molar-refractivity contribution in [2.24, 2.45) is 0 Å². The van der Waals surface area contributed by atoms with E-state index in [1.807, 2.05) is 22.1 Å². The first-order chi connectivity index (χ1) is 14.7. The predicted molar refractivity (Wildman–Crippen MR) is 119 cm³/mol. The molecule has 154 valence electrons. The van der Waals surface area contributed by atoms with Crippen LogP contribution in [0.4, 0.5) is 0 Å². The highest BCUT2D eigenvalue weighted by Gasteiger charge is 2.14. The average molecular weight is 440 g/mol. The van der Waals surface area contributed by atoms with Crippen molar-refractivity contribution in [3.63, 3.8) is 0 Å². The predicted octanol–water partition coefficient (Wildman–Crippen LogP) is 3.97. The summed E-state index contributed by atoms with van der Waals surface area (Å²) in [5.41, 5.74) is 1.91. The number of fused-ring (bicyclic) bond motifs is 1. The second-order valence-electron chi connectivity index (χ2n) is 6.51. The van der Waals surface area contributed by atoms with Gasteiger partial charge in [0.05, 0.1) is 5.69 Å². The van der Waals surface area contributed by atoms with Crippen LogP contribution in [0.1, 0.15) is 24.0 Å². The summed E-state index contributed by atoms with van der Waals surface area (Å²) in [4.78, 5) is 17.4. The van der Waals surface area contributed by atoms with Crippen molar-refractivity contribution in [1.82, 2.24) is 24.1 Å². The van der Waals surface area contributed by atoms with Gasteiger partial charge in [0.1, 0.15) is 12.4 Å². The summed E-state index contributed by atoms with van der Waals surface area (Å²) in [6.45, 7) is 6.84. The lowest BCUT2D eigenvalue weighted by molar-refractivity contribution is 0.289. The summed E-state index contributed by atoms with van der Waals surface area (Å²) in [7, 11) is 0. The molecule has 3 heterocycles. The summed E-state index contributed by atoms with van der Waals surface area (Å²) in [5.74, 6) is 2.04. The van der Waals surface area contributed by atoms with E-state index in [0.717, 1.165) is 28.8 Å². The smallest absolute Gasteiger partial charge is 0.258 e. The number of allylic oxidation sites excluding steroid dienone is 1. The molecule has 0 saturated heterocycles. The number of hydrogen-bond acceptors (Lipinski definition) is 7. The van der Waals surface area contributed by atoms with E-state index < -0.39 is 0 Å². The number of ether oxygens (including phenoxy) is 1. The fourth-order valence-corrected chi connectivity index (χ4v) is 4.51. The van der Waals surface area contributed by atoms with Gasteiger partial charge in [0, 0.05) is 29.9 Å². The van der Waals surface area contributed by atoms with Crippen LogP contribution >= 0.6 is 23.1 Å². The maximum Gasteiger partial charge on any atom is 0.258 e. The fraction of sp³-hybridized carbons (Fsp3) is 0.238. The van der Waals surface area contributed by atoms with Gasteiger partial charge >= 0.3 is 0 Å². The van der Waals surface area contributed by atoms with Crippen LogP contribution < -0.4 is 10.3 Å². The minimum Gasteiger partial charge on any atom is -0.486 e. The van der Waals surface area contributed by atoms with Crippen molar-refractivity contribution in [2.75, 3.05) is 0 Å². The van der Waals surface area contributed by atoms with Gasteiger partial charge in [0.2, 0.25) is 0 Å². The molecule has 0 aliphatic rings. The van der Waals surface area contributed by atoms with Crippen LogP contribution in [0.3, 0.4) is 0 Å². The average Bonchev–Trinajstić information content (AvgIpc) is 3.39. The van der Waals surface area contributed by atoms with E-state index in [2.05, 4.69) is 40.8 Å². The summed E-state index contributed by atoms with van der Waals surface area (Å²) < 4.78 is 9.40. The van der Waals surface area contributed by atoms with Gasteiger partial charge in [-0.3, -0.25) is 13.8 Å². The Labute approximate surface area is 182 Å². The highest BCUT2D eigenvalue weighted by atomic mass is 32.2. The summed E-state index contributed by atoms with van der Waals surface area (Å²) >= 11 is 2.93. The molecule has 0 radical (unpaired) electrons. The molecule has 0 spiro atoms. The van der Waals surface area contributed by atoms with E-state index in [1.165, 1.54) is 28.7 Å². The van der Waals surface area contributed by atoms with Crippen molar-refractivity contribution < 1.29 is 4.74 Å². The lowest BCUT2D eigenvalue weighted by Gasteiger charge is -2.09. The molecule has 0 saturated carbocycles. The van der Waals surface area contributed by atoms with Gasteiger partial charge in [-0.15, -0.1) is 28.1 Å². The van der Waals surface area contributed by atoms with Crippen LogP contribution in [-0.2, 0) is 25.3 Å². The third-order valence-electron chi connectivity index (χ3n) is 4.51. The molecule has 4 aromatic rings. The molecule has 0 atom stereocenters. The molecule has 9 heteroatoms. The monoisotopic (exact) mass is 439 g/mol. The molecule has 0 fully saturated rings. The first kappa shape index (κ1) is 20.4. The number of rotatable bonds is 9. The first-order valence-corrected chi connectivity index (χ1v) is 11.4. The summed E-state index contributed by atoms with van der Waals surface area (Å²) in [5, 5.41) is 11.2. The highest BCUT2D eigenvalue weighted by Crippen LogP contribution is 2.22. The number of thiazole rings is 1. The SMILES string of the molecule is C=CCn1c(COc2ccc(CC)cc2)nnc1SCc1cc(=O)n2ccsc2n1. The Balaban J connectivity index is 1.46. The van der Waals surface area contributed by atoms with Gasteiger partial charge in [-0.1, -0.05) is 36.9 Å². The van der Waals surface area contributed by atoms with E-state index in [4.69, 9.17) is 4.74 Å². The molecule has 0 aliphatic heterocycles. The van der Waals surface area contributed by atoms with E-state index in [9.17, 15) is 4.79 Å². The maximum absolute atomic E-state index is 12.2. The molecule has 0 amide bonds. The molecule has 1 aromatic carbocycles. The number of aryl methyl sites for hydroxylation is 1. The Hall–Kier alpha value is -2.91. The van der Waals surface area contributed by atoms with Gasteiger partial charge in [-0.05, 0) is 24.1 Å². The molecule has 30 heavy (non-hydrogen) atoms. The highest BCUT2D eigenvalue weighted by molar-refractivity contribution is 7.98. The molecule has 0 bridgehead atoms. The Kier molecular flexibility index (Phi) is 6.29. The minimum atomic E-state index is -0.0763. The van der Waals surface area contributed by atoms with Gasteiger partial charge in [0.15, 0.2) is 15.9 Å². The molecular weight excluding hydrogens is 418 g/mol.